The molecule has 2 saturated heterocycles. The molecule has 2 fully saturated rings. The topological polar surface area (TPSA) is 34.1 Å². The third-order valence-electron chi connectivity index (χ3n) is 5.37. The van der Waals surface area contributed by atoms with E-state index in [-0.39, 0.29) is 5.82 Å². The van der Waals surface area contributed by atoms with E-state index in [1.807, 2.05) is 19.2 Å². The molecule has 0 bridgehead atoms. The second-order valence-corrected chi connectivity index (χ2v) is 7.18. The quantitative estimate of drug-likeness (QED) is 0.479. The number of nitrogens with one attached hydrogen (secondary N) is 1. The van der Waals surface area contributed by atoms with Crippen molar-refractivity contribution in [3.05, 3.63) is 30.1 Å². The third-order valence-corrected chi connectivity index (χ3v) is 5.37. The van der Waals surface area contributed by atoms with Crippen LogP contribution in [0.4, 0.5) is 10.1 Å². The maximum Gasteiger partial charge on any atom is 0.193 e. The summed E-state index contributed by atoms with van der Waals surface area (Å²) in [5, 5.41) is 3.52. The molecule has 144 valence electrons. The lowest BCUT2D eigenvalue weighted by atomic mass is 10.2. The Morgan fingerprint density at radius 2 is 1.69 bits per heavy atom. The van der Waals surface area contributed by atoms with Crippen molar-refractivity contribution in [3.8, 4) is 0 Å². The van der Waals surface area contributed by atoms with Gasteiger partial charge in [0, 0.05) is 45.5 Å². The molecule has 2 aliphatic rings. The SMILES string of the molecule is CN=C(NCCCCN1CCCC1)N1CCN(c2ccc(F)cc2)CC1. The van der Waals surface area contributed by atoms with Crippen molar-refractivity contribution in [1.29, 1.82) is 0 Å². The van der Waals surface area contributed by atoms with Gasteiger partial charge in [0.2, 0.25) is 0 Å². The van der Waals surface area contributed by atoms with Crippen LogP contribution in [0.15, 0.2) is 29.3 Å². The first-order valence-corrected chi connectivity index (χ1v) is 9.95. The first-order chi connectivity index (χ1) is 12.8. The summed E-state index contributed by atoms with van der Waals surface area (Å²) in [5.74, 6) is 0.826. The predicted molar refractivity (Wildman–Crippen MR) is 106 cm³/mol. The van der Waals surface area contributed by atoms with Crippen LogP contribution in [0.5, 0.6) is 0 Å². The van der Waals surface area contributed by atoms with Crippen molar-refractivity contribution in [2.75, 3.05) is 64.3 Å². The smallest absolute Gasteiger partial charge is 0.193 e. The van der Waals surface area contributed by atoms with E-state index in [4.69, 9.17) is 0 Å². The molecule has 0 amide bonds. The largest absolute Gasteiger partial charge is 0.368 e. The molecule has 6 heteroatoms. The lowest BCUT2D eigenvalue weighted by Crippen LogP contribution is -2.52. The summed E-state index contributed by atoms with van der Waals surface area (Å²) in [6.45, 7) is 8.52. The van der Waals surface area contributed by atoms with Gasteiger partial charge >= 0.3 is 0 Å². The van der Waals surface area contributed by atoms with Crippen LogP contribution in [0.2, 0.25) is 0 Å². The van der Waals surface area contributed by atoms with E-state index >= 15 is 0 Å². The number of likely N-dealkylation sites (tertiary alicyclic amines) is 1. The minimum absolute atomic E-state index is 0.179. The van der Waals surface area contributed by atoms with Gasteiger partial charge in [-0.3, -0.25) is 4.99 Å². The van der Waals surface area contributed by atoms with Crippen LogP contribution in [0.25, 0.3) is 0 Å². The van der Waals surface area contributed by atoms with Crippen LogP contribution in [0.3, 0.4) is 0 Å². The second kappa shape index (κ2) is 9.76. The van der Waals surface area contributed by atoms with E-state index in [0.717, 1.165) is 44.4 Å². The number of guanidine groups is 1. The fraction of sp³-hybridized carbons (Fsp3) is 0.650. The standard InChI is InChI=1S/C20H32FN5/c1-22-20(23-10-2-3-11-24-12-4-5-13-24)26-16-14-25(15-17-26)19-8-6-18(21)7-9-19/h6-9H,2-5,10-17H2,1H3,(H,22,23). The van der Waals surface area contributed by atoms with Crippen molar-refractivity contribution in [2.45, 2.75) is 25.7 Å². The van der Waals surface area contributed by atoms with Gasteiger partial charge in [-0.2, -0.15) is 0 Å². The van der Waals surface area contributed by atoms with Crippen molar-refractivity contribution < 1.29 is 4.39 Å². The van der Waals surface area contributed by atoms with E-state index in [2.05, 4.69) is 25.0 Å². The highest BCUT2D eigenvalue weighted by Gasteiger charge is 2.19. The van der Waals surface area contributed by atoms with Crippen LogP contribution in [-0.4, -0.2) is 75.2 Å². The van der Waals surface area contributed by atoms with Crippen molar-refractivity contribution in [2.24, 2.45) is 4.99 Å². The Bertz CT molecular complexity index is 560. The summed E-state index contributed by atoms with van der Waals surface area (Å²) in [7, 11) is 1.86. The Balaban J connectivity index is 1.35. The number of piperazine rings is 1. The van der Waals surface area contributed by atoms with Gasteiger partial charge in [0.25, 0.3) is 0 Å². The molecule has 1 aromatic rings. The van der Waals surface area contributed by atoms with E-state index in [9.17, 15) is 4.39 Å². The van der Waals surface area contributed by atoms with Crippen molar-refractivity contribution in [1.82, 2.24) is 15.1 Å². The maximum atomic E-state index is 13.1. The summed E-state index contributed by atoms with van der Waals surface area (Å²) in [6.07, 6.45) is 5.18. The van der Waals surface area contributed by atoms with Crippen LogP contribution in [0.1, 0.15) is 25.7 Å². The summed E-state index contributed by atoms with van der Waals surface area (Å²) < 4.78 is 13.1. The average molecular weight is 362 g/mol. The van der Waals surface area contributed by atoms with Gasteiger partial charge in [-0.1, -0.05) is 0 Å². The maximum absolute atomic E-state index is 13.1. The molecule has 0 aromatic heterocycles. The summed E-state index contributed by atoms with van der Waals surface area (Å²) in [4.78, 5) is 11.6. The number of halogens is 1. The molecule has 1 aromatic carbocycles. The number of nitrogens with zero attached hydrogens (tertiary/aromatic N) is 4. The van der Waals surface area contributed by atoms with Gasteiger partial charge in [-0.15, -0.1) is 0 Å². The van der Waals surface area contributed by atoms with Gasteiger partial charge in [-0.25, -0.2) is 4.39 Å². The molecule has 5 nitrogen and oxygen atoms in total. The monoisotopic (exact) mass is 361 g/mol. The van der Waals surface area contributed by atoms with Gasteiger partial charge in [0.05, 0.1) is 0 Å². The number of aliphatic imine (C=N–C) groups is 1. The normalized spacial score (nSPS) is 19.2. The molecule has 2 aliphatic heterocycles. The zero-order chi connectivity index (χ0) is 18.2. The van der Waals surface area contributed by atoms with E-state index in [0.29, 0.717) is 0 Å². The molecule has 2 heterocycles. The van der Waals surface area contributed by atoms with Gasteiger partial charge in [-0.05, 0) is 69.6 Å². The molecule has 26 heavy (non-hydrogen) atoms. The molecule has 0 radical (unpaired) electrons. The summed E-state index contributed by atoms with van der Waals surface area (Å²) in [5.41, 5.74) is 1.09. The predicted octanol–water partition coefficient (Wildman–Crippen LogP) is 2.40. The molecular weight excluding hydrogens is 329 g/mol. The fourth-order valence-electron chi connectivity index (χ4n) is 3.83. The number of hydrogen-bond acceptors (Lipinski definition) is 3. The fourth-order valence-corrected chi connectivity index (χ4v) is 3.83. The molecule has 0 saturated carbocycles. The number of hydrogen-bond donors (Lipinski definition) is 1. The lowest BCUT2D eigenvalue weighted by Gasteiger charge is -2.37. The Kier molecular flexibility index (Phi) is 7.12. The lowest BCUT2D eigenvalue weighted by molar-refractivity contribution is 0.329. The molecular formula is C20H32FN5. The van der Waals surface area contributed by atoms with Gasteiger partial charge in [0.15, 0.2) is 5.96 Å². The highest BCUT2D eigenvalue weighted by atomic mass is 19.1. The van der Waals surface area contributed by atoms with Crippen LogP contribution < -0.4 is 10.2 Å². The number of benzene rings is 1. The second-order valence-electron chi connectivity index (χ2n) is 7.18. The number of anilines is 1. The molecule has 1 N–H and O–H groups in total. The van der Waals surface area contributed by atoms with E-state index in [1.54, 1.807) is 0 Å². The molecule has 0 spiro atoms. The number of rotatable bonds is 6. The first-order valence-electron chi connectivity index (χ1n) is 9.95. The van der Waals surface area contributed by atoms with E-state index < -0.39 is 0 Å². The van der Waals surface area contributed by atoms with Crippen molar-refractivity contribution >= 4 is 11.6 Å². The van der Waals surface area contributed by atoms with Crippen LogP contribution >= 0.6 is 0 Å². The van der Waals surface area contributed by atoms with Gasteiger partial charge < -0.3 is 20.0 Å². The molecule has 0 atom stereocenters. The van der Waals surface area contributed by atoms with Crippen LogP contribution in [-0.2, 0) is 0 Å². The Labute approximate surface area is 156 Å². The highest BCUT2D eigenvalue weighted by molar-refractivity contribution is 5.80. The van der Waals surface area contributed by atoms with Gasteiger partial charge in [0.1, 0.15) is 5.82 Å². The summed E-state index contributed by atoms with van der Waals surface area (Å²) in [6, 6.07) is 6.78. The Morgan fingerprint density at radius 3 is 2.35 bits per heavy atom. The van der Waals surface area contributed by atoms with Crippen LogP contribution in [0, 0.1) is 5.82 Å². The Hall–Kier alpha value is -1.82. The third kappa shape index (κ3) is 5.34. The zero-order valence-electron chi connectivity index (χ0n) is 16.0. The molecule has 0 aliphatic carbocycles. The summed E-state index contributed by atoms with van der Waals surface area (Å²) >= 11 is 0. The minimum Gasteiger partial charge on any atom is -0.368 e. The average Bonchev–Trinajstić information content (AvgIpc) is 3.19. The zero-order valence-corrected chi connectivity index (χ0v) is 16.0. The Morgan fingerprint density at radius 1 is 1.00 bits per heavy atom. The number of unbranched alkanes of at least 4 members (excludes halogenated alkanes) is 1. The first kappa shape index (κ1) is 19.0. The highest BCUT2D eigenvalue weighted by Crippen LogP contribution is 2.17. The minimum atomic E-state index is -0.179. The molecule has 0 unspecified atom stereocenters. The molecule has 3 rings (SSSR count). The van der Waals surface area contributed by atoms with E-state index in [1.165, 1.54) is 57.5 Å². The van der Waals surface area contributed by atoms with Crippen molar-refractivity contribution in [3.63, 3.8) is 0 Å².